The van der Waals surface area contributed by atoms with Crippen LogP contribution in [0, 0.1) is 0 Å². The Balaban J connectivity index is 4.42. The molecule has 18 heteroatoms. The van der Waals surface area contributed by atoms with E-state index in [1.54, 1.807) is 0 Å². The lowest BCUT2D eigenvalue weighted by molar-refractivity contribution is -0.161. The van der Waals surface area contributed by atoms with Crippen molar-refractivity contribution in [1.82, 2.24) is 0 Å². The smallest absolute Gasteiger partial charge is 0.463 e. The van der Waals surface area contributed by atoms with Gasteiger partial charge in [-0.15, -0.1) is 0 Å². The maximum absolute atomic E-state index is 13.0. The first-order chi connectivity index (χ1) is 55.2. The van der Waals surface area contributed by atoms with E-state index in [9.17, 15) is 43.5 Å². The Bertz CT molecular complexity index is 2630. The van der Waals surface area contributed by atoms with Crippen molar-refractivity contribution in [3.63, 3.8) is 0 Å². The minimum Gasteiger partial charge on any atom is -0.463 e. The summed E-state index contributed by atoms with van der Waals surface area (Å²) in [5.74, 6) is -1.56. The lowest BCUT2D eigenvalue weighted by Crippen LogP contribution is -2.30. The highest BCUT2D eigenvalue weighted by atomic mass is 31.2. The molecule has 0 aromatic heterocycles. The van der Waals surface area contributed by atoms with Gasteiger partial charge in [-0.25, -0.2) is 9.13 Å². The van der Waals surface area contributed by atoms with E-state index < -0.39 is 91.5 Å². The van der Waals surface area contributed by atoms with Crippen molar-refractivity contribution in [2.24, 2.45) is 0 Å². The van der Waals surface area contributed by atoms with Crippen molar-refractivity contribution in [3.8, 4) is 0 Å². The van der Waals surface area contributed by atoms with Crippen LogP contribution in [0.15, 0.2) is 146 Å². The molecule has 16 nitrogen and oxygen atoms in total. The molecule has 650 valence electrons. The molecule has 0 aromatic rings. The average Bonchev–Trinajstić information content (AvgIpc) is 0.903. The Morgan fingerprint density at radius 1 is 0.257 bits per heavy atom. The summed E-state index contributed by atoms with van der Waals surface area (Å²) in [5.41, 5.74) is 0. The molecule has 113 heavy (non-hydrogen) atoms. The molecule has 0 fully saturated rings. The number of phosphoric acid groups is 2. The van der Waals surface area contributed by atoms with Crippen molar-refractivity contribution in [3.05, 3.63) is 146 Å². The number of carbonyl (C=O) groups excluding carboxylic acids is 3. The summed E-state index contributed by atoms with van der Waals surface area (Å²) < 4.78 is 61.4. The molecule has 0 aromatic carbocycles. The third-order valence-corrected chi connectivity index (χ3v) is 21.0. The van der Waals surface area contributed by atoms with Crippen LogP contribution >= 0.6 is 15.6 Å². The Morgan fingerprint density at radius 3 is 0.743 bits per heavy atom. The molecule has 0 saturated carbocycles. The van der Waals surface area contributed by atoms with Crippen molar-refractivity contribution in [2.45, 2.75) is 399 Å². The number of hydrogen-bond acceptors (Lipinski definition) is 14. The maximum atomic E-state index is 13.0. The monoisotopic (exact) mass is 1620 g/mol. The minimum absolute atomic E-state index is 0.107. The van der Waals surface area contributed by atoms with Gasteiger partial charge in [0.25, 0.3) is 0 Å². The lowest BCUT2D eigenvalue weighted by Gasteiger charge is -2.21. The quantitative estimate of drug-likeness (QED) is 0.0146. The molecule has 0 aliphatic rings. The largest absolute Gasteiger partial charge is 0.472 e. The number of rotatable bonds is 85. The zero-order chi connectivity index (χ0) is 82.2. The van der Waals surface area contributed by atoms with Crippen LogP contribution in [0.2, 0.25) is 0 Å². The van der Waals surface area contributed by atoms with E-state index in [0.29, 0.717) is 19.3 Å². The van der Waals surface area contributed by atoms with Crippen molar-refractivity contribution < 1.29 is 75.8 Å². The van der Waals surface area contributed by atoms with Crippen LogP contribution in [-0.2, 0) is 55.8 Å². The standard InChI is InChI=1S/C95H164O16P2/c1-4-7-10-13-16-19-22-25-27-29-31-33-35-37-39-41-43-44-46-48-49-51-53-55-57-59-61-64-66-69-72-75-78-81-93(98)105-84-90(96)85-107-112(101,102)108-86-91(97)87-109-113(103,104)110-89-92(111-95(100)83-80-77-74-71-68-63-24-21-18-15-12-9-6-3)88-106-94(99)82-79-76-73-70-67-65-62-60-58-56-54-52-50-47-45-42-40-38-36-34-32-30-28-26-23-20-17-14-11-8-5-2/h7-8,10-11,16-17,19-20,25-28,31-34,37-40,43-45,47,90-92,96-97H,4-6,9,12-15,18,21-24,29-30,35-36,41-42,46,48-89H2,1-3H3,(H,101,102)(H,103,104)/b10-7-,11-8-,19-16-,20-17-,27-25-,28-26-,33-31-,34-32-,39-37-,40-38-,44-43-,47-45-. The number of ether oxygens (including phenoxy) is 3. The second-order valence-electron chi connectivity index (χ2n) is 30.0. The van der Waals surface area contributed by atoms with E-state index in [1.165, 1.54) is 161 Å². The number of hydrogen-bond donors (Lipinski definition) is 4. The summed E-state index contributed by atoms with van der Waals surface area (Å²) in [6.45, 7) is 2.50. The number of unbranched alkanes of at least 4 members (excludes halogenated alkanes) is 38. The Kier molecular flexibility index (Phi) is 83.3. The normalized spacial score (nSPS) is 14.5. The maximum Gasteiger partial charge on any atom is 0.472 e. The minimum atomic E-state index is -4.93. The summed E-state index contributed by atoms with van der Waals surface area (Å²) in [7, 11) is -9.79. The summed E-state index contributed by atoms with van der Waals surface area (Å²) in [5, 5.41) is 20.7. The first-order valence-electron chi connectivity index (χ1n) is 45.1. The third-order valence-electron chi connectivity index (χ3n) is 19.1. The third kappa shape index (κ3) is 88.1. The molecule has 0 amide bonds. The molecular formula is C95H164O16P2. The molecule has 0 saturated heterocycles. The van der Waals surface area contributed by atoms with Gasteiger partial charge < -0.3 is 34.2 Å². The van der Waals surface area contributed by atoms with Crippen LogP contribution in [0.3, 0.4) is 0 Å². The lowest BCUT2D eigenvalue weighted by atomic mass is 10.0. The summed E-state index contributed by atoms with van der Waals surface area (Å²) in [6.07, 6.45) is 109. The van der Waals surface area contributed by atoms with Gasteiger partial charge in [0.15, 0.2) is 6.10 Å². The zero-order valence-corrected chi connectivity index (χ0v) is 73.3. The van der Waals surface area contributed by atoms with E-state index in [2.05, 4.69) is 167 Å². The molecule has 5 atom stereocenters. The molecule has 4 N–H and O–H groups in total. The van der Waals surface area contributed by atoms with Gasteiger partial charge in [0.2, 0.25) is 0 Å². The van der Waals surface area contributed by atoms with Gasteiger partial charge in [0.1, 0.15) is 25.4 Å². The Morgan fingerprint density at radius 2 is 0.469 bits per heavy atom. The topological polar surface area (TPSA) is 231 Å². The number of phosphoric ester groups is 2. The van der Waals surface area contributed by atoms with E-state index in [-0.39, 0.29) is 19.3 Å². The van der Waals surface area contributed by atoms with Crippen LogP contribution < -0.4 is 0 Å². The molecule has 5 unspecified atom stereocenters. The van der Waals surface area contributed by atoms with Gasteiger partial charge >= 0.3 is 33.6 Å². The first-order valence-corrected chi connectivity index (χ1v) is 48.1. The Labute approximate surface area is 689 Å². The molecule has 0 radical (unpaired) electrons. The van der Waals surface area contributed by atoms with E-state index in [4.69, 9.17) is 32.3 Å². The van der Waals surface area contributed by atoms with Gasteiger partial charge in [-0.3, -0.25) is 32.5 Å². The number of allylic oxidation sites excluding steroid dienone is 24. The second kappa shape index (κ2) is 86.8. The van der Waals surface area contributed by atoms with Gasteiger partial charge in [0, 0.05) is 19.3 Å². The molecule has 0 rings (SSSR count). The average molecular weight is 1620 g/mol. The predicted octanol–water partition coefficient (Wildman–Crippen LogP) is 27.6. The Hall–Kier alpha value is -4.57. The van der Waals surface area contributed by atoms with Gasteiger partial charge in [-0.05, 0) is 122 Å². The fraction of sp³-hybridized carbons (Fsp3) is 0.716. The highest BCUT2D eigenvalue weighted by molar-refractivity contribution is 7.47. The van der Waals surface area contributed by atoms with Crippen molar-refractivity contribution >= 4 is 33.6 Å². The van der Waals surface area contributed by atoms with Crippen LogP contribution in [0.1, 0.15) is 380 Å². The van der Waals surface area contributed by atoms with Crippen LogP contribution in [0.5, 0.6) is 0 Å². The fourth-order valence-electron chi connectivity index (χ4n) is 12.3. The van der Waals surface area contributed by atoms with E-state index in [1.807, 2.05) is 0 Å². The molecule has 0 heterocycles. The fourth-order valence-corrected chi connectivity index (χ4v) is 13.9. The zero-order valence-electron chi connectivity index (χ0n) is 71.5. The molecule has 0 aliphatic heterocycles. The number of aliphatic hydroxyl groups is 2. The van der Waals surface area contributed by atoms with Crippen LogP contribution in [-0.4, -0.2) is 95.9 Å². The second-order valence-corrected chi connectivity index (χ2v) is 32.9. The van der Waals surface area contributed by atoms with E-state index in [0.717, 1.165) is 161 Å². The summed E-state index contributed by atoms with van der Waals surface area (Å²) >= 11 is 0. The van der Waals surface area contributed by atoms with Gasteiger partial charge in [0.05, 0.1) is 26.4 Å². The van der Waals surface area contributed by atoms with Crippen LogP contribution in [0.25, 0.3) is 0 Å². The number of carbonyl (C=O) groups is 3. The van der Waals surface area contributed by atoms with Crippen LogP contribution in [0.4, 0.5) is 0 Å². The van der Waals surface area contributed by atoms with Gasteiger partial charge in [-0.2, -0.15) is 0 Å². The molecule has 0 bridgehead atoms. The SMILES string of the molecule is CC/C=C\C/C=C\C/C=C\C/C=C\C/C=C\C/C=C\CCCCCCCCCCCCCCCCC(=O)OCC(O)COP(=O)(O)OCC(O)COP(=O)(O)OCC(COC(=O)CCCCCCCCCCCCCC/C=C\C/C=C\C/C=C\C/C=C\C/C=C\C/C=C\CC)OC(=O)CCCCCCCCCCCCCCC. The summed E-state index contributed by atoms with van der Waals surface area (Å²) in [6, 6.07) is 0. The molecule has 0 spiro atoms. The molecular weight excluding hydrogens is 1460 g/mol. The van der Waals surface area contributed by atoms with Gasteiger partial charge in [-0.1, -0.05) is 385 Å². The predicted molar refractivity (Wildman–Crippen MR) is 473 cm³/mol. The van der Waals surface area contributed by atoms with Crippen molar-refractivity contribution in [2.75, 3.05) is 39.6 Å². The molecule has 0 aliphatic carbocycles. The van der Waals surface area contributed by atoms with Crippen molar-refractivity contribution in [1.29, 1.82) is 0 Å². The first kappa shape index (κ1) is 108. The number of aliphatic hydroxyl groups excluding tert-OH is 2. The number of esters is 3. The van der Waals surface area contributed by atoms with E-state index >= 15 is 0 Å². The highest BCUT2D eigenvalue weighted by Gasteiger charge is 2.29. The summed E-state index contributed by atoms with van der Waals surface area (Å²) in [4.78, 5) is 58.8. The highest BCUT2D eigenvalue weighted by Crippen LogP contribution is 2.45.